The smallest absolute Gasteiger partial charge is 0.272 e. The monoisotopic (exact) mass is 343 g/mol. The lowest BCUT2D eigenvalue weighted by atomic mass is 10.1. The van der Waals surface area contributed by atoms with E-state index in [2.05, 4.69) is 26.2 Å². The number of nitrogens with zero attached hydrogens (tertiary/aromatic N) is 2. The summed E-state index contributed by atoms with van der Waals surface area (Å²) in [4.78, 5) is 16.6. The molecule has 0 spiro atoms. The minimum absolute atomic E-state index is 0.119. The maximum absolute atomic E-state index is 12.5. The molecule has 0 saturated carbocycles. The summed E-state index contributed by atoms with van der Waals surface area (Å²) in [5.41, 5.74) is 1.43. The molecule has 2 heterocycles. The number of hydrogen-bond acceptors (Lipinski definition) is 2. The predicted molar refractivity (Wildman–Crippen MR) is 87.5 cm³/mol. The molecule has 0 fully saturated rings. The van der Waals surface area contributed by atoms with Gasteiger partial charge in [0.05, 0.1) is 0 Å². The van der Waals surface area contributed by atoms with E-state index in [4.69, 9.17) is 0 Å². The minimum atomic E-state index is -0.119. The molecule has 4 nitrogen and oxygen atoms in total. The highest BCUT2D eigenvalue weighted by Gasteiger charge is 2.13. The topological polar surface area (TPSA) is 46.9 Å². The molecule has 106 valence electrons. The largest absolute Gasteiger partial charge is 0.343 e. The molecular formula is C16H14BrN3O. The molecule has 0 radical (unpaired) electrons. The third kappa shape index (κ3) is 2.69. The summed E-state index contributed by atoms with van der Waals surface area (Å²) < 4.78 is 2.81. The number of hydrogen-bond donors (Lipinski definition) is 1. The quantitative estimate of drug-likeness (QED) is 0.779. The van der Waals surface area contributed by atoms with Crippen LogP contribution in [0.1, 0.15) is 17.4 Å². The summed E-state index contributed by atoms with van der Waals surface area (Å²) in [6.45, 7) is 2.75. The molecule has 0 aliphatic heterocycles. The summed E-state index contributed by atoms with van der Waals surface area (Å²) in [5, 5.41) is 4.96. The van der Waals surface area contributed by atoms with Gasteiger partial charge < -0.3 is 9.88 Å². The number of benzene rings is 1. The van der Waals surface area contributed by atoms with Gasteiger partial charge in [0.25, 0.3) is 5.91 Å². The van der Waals surface area contributed by atoms with E-state index in [-0.39, 0.29) is 5.91 Å². The molecule has 5 heteroatoms. The molecule has 0 unspecified atom stereocenters. The van der Waals surface area contributed by atoms with Gasteiger partial charge in [0.2, 0.25) is 0 Å². The number of amides is 1. The van der Waals surface area contributed by atoms with E-state index in [0.29, 0.717) is 5.69 Å². The number of halogens is 1. The Morgan fingerprint density at radius 3 is 3.05 bits per heavy atom. The molecule has 1 aromatic carbocycles. The van der Waals surface area contributed by atoms with Gasteiger partial charge >= 0.3 is 0 Å². The lowest BCUT2D eigenvalue weighted by Crippen LogP contribution is -2.16. The number of carbonyl (C=O) groups is 1. The molecule has 2 aromatic heterocycles. The van der Waals surface area contributed by atoms with Crippen LogP contribution in [0.2, 0.25) is 0 Å². The zero-order chi connectivity index (χ0) is 14.8. The van der Waals surface area contributed by atoms with Crippen molar-refractivity contribution in [1.29, 1.82) is 0 Å². The molecule has 3 aromatic rings. The van der Waals surface area contributed by atoms with Crippen molar-refractivity contribution in [3.05, 3.63) is 59.1 Å². The molecular weight excluding hydrogens is 330 g/mol. The van der Waals surface area contributed by atoms with E-state index in [9.17, 15) is 4.79 Å². The SMILES string of the molecule is CCn1cc(Br)cc1C(=O)Nc1cccc2cnccc12. The Morgan fingerprint density at radius 2 is 2.24 bits per heavy atom. The van der Waals surface area contributed by atoms with Crippen LogP contribution in [-0.2, 0) is 6.54 Å². The fourth-order valence-electron chi connectivity index (χ4n) is 2.34. The first-order valence-electron chi connectivity index (χ1n) is 6.69. The van der Waals surface area contributed by atoms with E-state index in [0.717, 1.165) is 27.5 Å². The summed E-state index contributed by atoms with van der Waals surface area (Å²) >= 11 is 3.41. The average molecular weight is 344 g/mol. The third-order valence-corrected chi connectivity index (χ3v) is 3.80. The molecule has 0 bridgehead atoms. The van der Waals surface area contributed by atoms with E-state index < -0.39 is 0 Å². The summed E-state index contributed by atoms with van der Waals surface area (Å²) in [6.07, 6.45) is 5.42. The first-order chi connectivity index (χ1) is 10.2. The molecule has 0 aliphatic rings. The molecule has 0 atom stereocenters. The molecule has 1 N–H and O–H groups in total. The highest BCUT2D eigenvalue weighted by Crippen LogP contribution is 2.23. The lowest BCUT2D eigenvalue weighted by molar-refractivity contribution is 0.101. The van der Waals surface area contributed by atoms with Gasteiger partial charge in [0.15, 0.2) is 0 Å². The number of anilines is 1. The van der Waals surface area contributed by atoms with Crippen LogP contribution in [0.4, 0.5) is 5.69 Å². The van der Waals surface area contributed by atoms with Gasteiger partial charge in [-0.15, -0.1) is 0 Å². The van der Waals surface area contributed by atoms with Crippen molar-refractivity contribution in [2.75, 3.05) is 5.32 Å². The Kier molecular flexibility index (Phi) is 3.75. The molecule has 21 heavy (non-hydrogen) atoms. The molecule has 3 rings (SSSR count). The van der Waals surface area contributed by atoms with Crippen LogP contribution in [0.5, 0.6) is 0 Å². The zero-order valence-corrected chi connectivity index (χ0v) is 13.1. The van der Waals surface area contributed by atoms with Crippen LogP contribution >= 0.6 is 15.9 Å². The van der Waals surface area contributed by atoms with Gasteiger partial charge in [-0.05, 0) is 41.1 Å². The van der Waals surface area contributed by atoms with Crippen molar-refractivity contribution < 1.29 is 4.79 Å². The Labute approximate surface area is 130 Å². The van der Waals surface area contributed by atoms with E-state index >= 15 is 0 Å². The van der Waals surface area contributed by atoms with Crippen molar-refractivity contribution in [3.63, 3.8) is 0 Å². The third-order valence-electron chi connectivity index (χ3n) is 3.37. The first kappa shape index (κ1) is 13.8. The van der Waals surface area contributed by atoms with Crippen molar-refractivity contribution in [3.8, 4) is 0 Å². The lowest BCUT2D eigenvalue weighted by Gasteiger charge is -2.10. The minimum Gasteiger partial charge on any atom is -0.343 e. The van der Waals surface area contributed by atoms with Crippen molar-refractivity contribution in [2.24, 2.45) is 0 Å². The Bertz CT molecular complexity index is 805. The van der Waals surface area contributed by atoms with E-state index in [1.54, 1.807) is 12.4 Å². The second-order valence-corrected chi connectivity index (χ2v) is 5.60. The molecule has 0 aliphatic carbocycles. The predicted octanol–water partition coefficient (Wildman–Crippen LogP) is 4.07. The number of aryl methyl sites for hydroxylation is 1. The summed E-state index contributed by atoms with van der Waals surface area (Å²) in [5.74, 6) is -0.119. The fraction of sp³-hybridized carbons (Fsp3) is 0.125. The second kappa shape index (κ2) is 5.69. The maximum atomic E-state index is 12.5. The Balaban J connectivity index is 1.96. The normalized spacial score (nSPS) is 10.8. The van der Waals surface area contributed by atoms with Gasteiger partial charge in [-0.3, -0.25) is 9.78 Å². The number of rotatable bonds is 3. The number of pyridine rings is 1. The van der Waals surface area contributed by atoms with Gasteiger partial charge in [0, 0.05) is 46.1 Å². The second-order valence-electron chi connectivity index (χ2n) is 4.69. The fourth-order valence-corrected chi connectivity index (χ4v) is 2.81. The molecule has 0 saturated heterocycles. The summed E-state index contributed by atoms with van der Waals surface area (Å²) in [6, 6.07) is 9.51. The number of aromatic nitrogens is 2. The summed E-state index contributed by atoms with van der Waals surface area (Å²) in [7, 11) is 0. The van der Waals surface area contributed by atoms with Gasteiger partial charge in [-0.2, -0.15) is 0 Å². The van der Waals surface area contributed by atoms with Gasteiger partial charge in [-0.1, -0.05) is 12.1 Å². The maximum Gasteiger partial charge on any atom is 0.272 e. The zero-order valence-electron chi connectivity index (χ0n) is 11.5. The van der Waals surface area contributed by atoms with Crippen molar-refractivity contribution in [1.82, 2.24) is 9.55 Å². The Hall–Kier alpha value is -2.14. The first-order valence-corrected chi connectivity index (χ1v) is 7.48. The standard InChI is InChI=1S/C16H14BrN3O/c1-2-20-10-12(17)8-15(20)16(21)19-14-5-3-4-11-9-18-7-6-13(11)14/h3-10H,2H2,1H3,(H,19,21). The number of fused-ring (bicyclic) bond motifs is 1. The van der Waals surface area contributed by atoms with Crippen LogP contribution in [0.25, 0.3) is 10.8 Å². The van der Waals surface area contributed by atoms with Crippen LogP contribution < -0.4 is 5.32 Å². The van der Waals surface area contributed by atoms with Gasteiger partial charge in [-0.25, -0.2) is 0 Å². The van der Waals surface area contributed by atoms with Crippen LogP contribution in [-0.4, -0.2) is 15.5 Å². The van der Waals surface area contributed by atoms with Crippen LogP contribution in [0, 0.1) is 0 Å². The Morgan fingerprint density at radius 1 is 1.38 bits per heavy atom. The molecule has 1 amide bonds. The van der Waals surface area contributed by atoms with E-state index in [1.165, 1.54) is 0 Å². The van der Waals surface area contributed by atoms with Crippen molar-refractivity contribution >= 4 is 38.3 Å². The van der Waals surface area contributed by atoms with Crippen molar-refractivity contribution in [2.45, 2.75) is 13.5 Å². The van der Waals surface area contributed by atoms with E-state index in [1.807, 2.05) is 48.0 Å². The highest BCUT2D eigenvalue weighted by molar-refractivity contribution is 9.10. The number of carbonyl (C=O) groups excluding carboxylic acids is 1. The van der Waals surface area contributed by atoms with Crippen LogP contribution in [0.15, 0.2) is 53.4 Å². The number of nitrogens with one attached hydrogen (secondary N) is 1. The van der Waals surface area contributed by atoms with Crippen LogP contribution in [0.3, 0.4) is 0 Å². The van der Waals surface area contributed by atoms with Gasteiger partial charge in [0.1, 0.15) is 5.69 Å². The average Bonchev–Trinajstić information content (AvgIpc) is 2.89. The highest BCUT2D eigenvalue weighted by atomic mass is 79.9.